The molecule has 1 rings (SSSR count). The molecule has 1 aromatic rings. The molecule has 0 saturated heterocycles. The maximum atomic E-state index is 6.06. The zero-order valence-electron chi connectivity index (χ0n) is 7.35. The second-order valence-corrected chi connectivity index (χ2v) is 4.33. The van der Waals surface area contributed by atoms with Gasteiger partial charge in [0.2, 0.25) is 0 Å². The van der Waals surface area contributed by atoms with Crippen molar-refractivity contribution in [3.05, 3.63) is 21.9 Å². The molecule has 0 bridgehead atoms. The van der Waals surface area contributed by atoms with Crippen molar-refractivity contribution in [1.82, 2.24) is 0 Å². The first kappa shape index (κ1) is 8.75. The van der Waals surface area contributed by atoms with Crippen LogP contribution < -0.4 is 5.73 Å². The molecule has 0 aromatic carbocycles. The zero-order valence-corrected chi connectivity index (χ0v) is 8.16. The van der Waals surface area contributed by atoms with Gasteiger partial charge < -0.3 is 5.73 Å². The molecule has 0 aliphatic carbocycles. The molecule has 1 heterocycles. The number of hydrogen-bond donors (Lipinski definition) is 1. The lowest BCUT2D eigenvalue weighted by Gasteiger charge is -2.21. The molecule has 0 aliphatic rings. The number of hydrogen-bond acceptors (Lipinski definition) is 2. The minimum absolute atomic E-state index is 0.134. The highest BCUT2D eigenvalue weighted by molar-refractivity contribution is 7.10. The fourth-order valence-corrected chi connectivity index (χ4v) is 1.79. The Kier molecular flexibility index (Phi) is 2.35. The fourth-order valence-electron chi connectivity index (χ4n) is 0.947. The van der Waals surface area contributed by atoms with Gasteiger partial charge >= 0.3 is 0 Å². The van der Waals surface area contributed by atoms with Crippen molar-refractivity contribution in [2.75, 3.05) is 0 Å². The van der Waals surface area contributed by atoms with E-state index in [0.717, 1.165) is 6.42 Å². The van der Waals surface area contributed by atoms with Gasteiger partial charge in [-0.2, -0.15) is 0 Å². The second kappa shape index (κ2) is 2.95. The van der Waals surface area contributed by atoms with Crippen LogP contribution in [0.1, 0.15) is 30.7 Å². The summed E-state index contributed by atoms with van der Waals surface area (Å²) in [4.78, 5) is 1.34. The largest absolute Gasteiger partial charge is 0.322 e. The van der Waals surface area contributed by atoms with Crippen molar-refractivity contribution in [1.29, 1.82) is 0 Å². The third-order valence-electron chi connectivity index (χ3n) is 2.12. The van der Waals surface area contributed by atoms with Crippen molar-refractivity contribution < 1.29 is 0 Å². The molecule has 0 aliphatic heterocycles. The van der Waals surface area contributed by atoms with Crippen LogP contribution in [0.15, 0.2) is 11.4 Å². The van der Waals surface area contributed by atoms with Crippen molar-refractivity contribution in [2.45, 2.75) is 32.7 Å². The SMILES string of the molecule is CCC(C)(N)c1csc(C)c1. The van der Waals surface area contributed by atoms with Crippen LogP contribution in [0, 0.1) is 6.92 Å². The lowest BCUT2D eigenvalue weighted by molar-refractivity contribution is 0.478. The highest BCUT2D eigenvalue weighted by atomic mass is 32.1. The first-order valence-electron chi connectivity index (χ1n) is 3.91. The molecule has 11 heavy (non-hydrogen) atoms. The van der Waals surface area contributed by atoms with Gasteiger partial charge in [0.25, 0.3) is 0 Å². The molecule has 0 saturated carbocycles. The third kappa shape index (κ3) is 1.82. The summed E-state index contributed by atoms with van der Waals surface area (Å²) in [5.74, 6) is 0. The minimum atomic E-state index is -0.134. The van der Waals surface area contributed by atoms with Crippen LogP contribution >= 0.6 is 11.3 Å². The molecule has 2 heteroatoms. The quantitative estimate of drug-likeness (QED) is 0.723. The Morgan fingerprint density at radius 1 is 1.64 bits per heavy atom. The Morgan fingerprint density at radius 3 is 2.64 bits per heavy atom. The van der Waals surface area contributed by atoms with E-state index in [1.165, 1.54) is 10.4 Å². The molecule has 0 amide bonds. The first-order chi connectivity index (χ1) is 5.06. The Labute approximate surface area is 72.2 Å². The Morgan fingerprint density at radius 2 is 2.27 bits per heavy atom. The normalized spacial score (nSPS) is 16.4. The van der Waals surface area contributed by atoms with Crippen LogP contribution in [0.5, 0.6) is 0 Å². The molecule has 1 nitrogen and oxygen atoms in total. The summed E-state index contributed by atoms with van der Waals surface area (Å²) in [5.41, 5.74) is 7.19. The van der Waals surface area contributed by atoms with Gasteiger partial charge in [0.1, 0.15) is 0 Å². The first-order valence-corrected chi connectivity index (χ1v) is 4.78. The van der Waals surface area contributed by atoms with Gasteiger partial charge in [0, 0.05) is 10.4 Å². The highest BCUT2D eigenvalue weighted by Crippen LogP contribution is 2.25. The predicted molar refractivity (Wildman–Crippen MR) is 50.9 cm³/mol. The smallest absolute Gasteiger partial charge is 0.0386 e. The molecular formula is C9H15NS. The van der Waals surface area contributed by atoms with Gasteiger partial charge in [-0.15, -0.1) is 11.3 Å². The molecule has 1 atom stereocenters. The van der Waals surface area contributed by atoms with Crippen LogP contribution in [0.25, 0.3) is 0 Å². The van der Waals surface area contributed by atoms with Gasteiger partial charge in [0.05, 0.1) is 0 Å². The Balaban J connectivity index is 2.92. The monoisotopic (exact) mass is 169 g/mol. The van der Waals surface area contributed by atoms with E-state index in [4.69, 9.17) is 5.73 Å². The van der Waals surface area contributed by atoms with Crippen molar-refractivity contribution in [2.24, 2.45) is 5.73 Å². The molecule has 62 valence electrons. The van der Waals surface area contributed by atoms with Gasteiger partial charge in [0.15, 0.2) is 0 Å². The van der Waals surface area contributed by atoms with Crippen LogP contribution in [0.3, 0.4) is 0 Å². The maximum Gasteiger partial charge on any atom is 0.0386 e. The van der Waals surface area contributed by atoms with E-state index in [9.17, 15) is 0 Å². The lowest BCUT2D eigenvalue weighted by Crippen LogP contribution is -2.31. The van der Waals surface area contributed by atoms with Crippen LogP contribution in [0.2, 0.25) is 0 Å². The van der Waals surface area contributed by atoms with Gasteiger partial charge in [-0.05, 0) is 37.3 Å². The van der Waals surface area contributed by atoms with Crippen molar-refractivity contribution in [3.8, 4) is 0 Å². The predicted octanol–water partition coefficient (Wildman–Crippen LogP) is 2.64. The summed E-state index contributed by atoms with van der Waals surface area (Å²) >= 11 is 1.77. The number of thiophene rings is 1. The number of aryl methyl sites for hydroxylation is 1. The molecule has 1 unspecified atom stereocenters. The Bertz CT molecular complexity index is 237. The fraction of sp³-hybridized carbons (Fsp3) is 0.556. The molecule has 0 fully saturated rings. The molecule has 0 radical (unpaired) electrons. The van der Waals surface area contributed by atoms with Crippen LogP contribution in [0.4, 0.5) is 0 Å². The van der Waals surface area contributed by atoms with Gasteiger partial charge in [-0.3, -0.25) is 0 Å². The van der Waals surface area contributed by atoms with E-state index < -0.39 is 0 Å². The summed E-state index contributed by atoms with van der Waals surface area (Å²) in [6, 6.07) is 2.17. The average molecular weight is 169 g/mol. The highest BCUT2D eigenvalue weighted by Gasteiger charge is 2.18. The van der Waals surface area contributed by atoms with E-state index >= 15 is 0 Å². The van der Waals surface area contributed by atoms with E-state index in [0.29, 0.717) is 0 Å². The maximum absolute atomic E-state index is 6.06. The second-order valence-electron chi connectivity index (χ2n) is 3.22. The zero-order chi connectivity index (χ0) is 8.48. The van der Waals surface area contributed by atoms with E-state index in [-0.39, 0.29) is 5.54 Å². The molecule has 1 aromatic heterocycles. The summed E-state index contributed by atoms with van der Waals surface area (Å²) in [6.07, 6.45) is 0.989. The topological polar surface area (TPSA) is 26.0 Å². The van der Waals surface area contributed by atoms with Gasteiger partial charge in [-0.25, -0.2) is 0 Å². The van der Waals surface area contributed by atoms with E-state index in [1.54, 1.807) is 11.3 Å². The van der Waals surface area contributed by atoms with Crippen LogP contribution in [-0.2, 0) is 5.54 Å². The number of rotatable bonds is 2. The molecular weight excluding hydrogens is 154 g/mol. The number of nitrogens with two attached hydrogens (primary N) is 1. The summed E-state index contributed by atoms with van der Waals surface area (Å²) in [7, 11) is 0. The summed E-state index contributed by atoms with van der Waals surface area (Å²) in [5, 5.41) is 2.15. The van der Waals surface area contributed by atoms with Gasteiger partial charge in [-0.1, -0.05) is 6.92 Å². The van der Waals surface area contributed by atoms with E-state index in [1.807, 2.05) is 0 Å². The third-order valence-corrected chi connectivity index (χ3v) is 2.99. The lowest BCUT2D eigenvalue weighted by atomic mass is 9.93. The molecule has 2 N–H and O–H groups in total. The van der Waals surface area contributed by atoms with Crippen LogP contribution in [-0.4, -0.2) is 0 Å². The average Bonchev–Trinajstić information content (AvgIpc) is 2.36. The van der Waals surface area contributed by atoms with Crippen molar-refractivity contribution >= 4 is 11.3 Å². The Hall–Kier alpha value is -0.340. The minimum Gasteiger partial charge on any atom is -0.322 e. The summed E-state index contributed by atoms with van der Waals surface area (Å²) < 4.78 is 0. The standard InChI is InChI=1S/C9H15NS/c1-4-9(3,10)8-5-7(2)11-6-8/h5-6H,4,10H2,1-3H3. The van der Waals surface area contributed by atoms with Crippen molar-refractivity contribution in [3.63, 3.8) is 0 Å². The molecule has 0 spiro atoms. The summed E-state index contributed by atoms with van der Waals surface area (Å²) in [6.45, 7) is 6.31. The van der Waals surface area contributed by atoms with E-state index in [2.05, 4.69) is 32.2 Å².